The highest BCUT2D eigenvalue weighted by molar-refractivity contribution is 4.66. The summed E-state index contributed by atoms with van der Waals surface area (Å²) in [7, 11) is 2.19. The summed E-state index contributed by atoms with van der Waals surface area (Å²) in [4.78, 5) is 4.97. The predicted octanol–water partition coefficient (Wildman–Crippen LogP) is 0.753. The minimum absolute atomic E-state index is 0.816. The average molecular weight is 199 g/mol. The van der Waals surface area contributed by atoms with Gasteiger partial charge in [-0.2, -0.15) is 0 Å². The Morgan fingerprint density at radius 1 is 1.14 bits per heavy atom. The molecule has 0 radical (unpaired) electrons. The average Bonchev–Trinajstić information content (AvgIpc) is 2.67. The lowest BCUT2D eigenvalue weighted by atomic mass is 10.3. The summed E-state index contributed by atoms with van der Waals surface area (Å²) in [5, 5.41) is 0. The Morgan fingerprint density at radius 3 is 2.43 bits per heavy atom. The first-order valence-electron chi connectivity index (χ1n) is 5.94. The third kappa shape index (κ3) is 4.94. The number of hydrogen-bond donors (Lipinski definition) is 1. The summed E-state index contributed by atoms with van der Waals surface area (Å²) in [6.07, 6.45) is 5.24. The van der Waals surface area contributed by atoms with Gasteiger partial charge in [-0.1, -0.05) is 0 Å². The Balaban J connectivity index is 1.91. The van der Waals surface area contributed by atoms with Crippen LogP contribution in [0.1, 0.15) is 25.7 Å². The van der Waals surface area contributed by atoms with Crippen LogP contribution in [0.25, 0.3) is 0 Å². The highest BCUT2D eigenvalue weighted by atomic mass is 15.1. The molecule has 84 valence electrons. The summed E-state index contributed by atoms with van der Waals surface area (Å²) in [6, 6.07) is 0. The molecular formula is C11H25N3. The molecule has 0 unspecified atom stereocenters. The molecule has 0 spiro atoms. The van der Waals surface area contributed by atoms with Gasteiger partial charge >= 0.3 is 0 Å². The van der Waals surface area contributed by atoms with Crippen LogP contribution >= 0.6 is 0 Å². The molecule has 3 heteroatoms. The van der Waals surface area contributed by atoms with Crippen LogP contribution in [0.3, 0.4) is 0 Å². The lowest BCUT2D eigenvalue weighted by Crippen LogP contribution is -2.27. The second-order valence-corrected chi connectivity index (χ2v) is 4.35. The van der Waals surface area contributed by atoms with Crippen molar-refractivity contribution in [3.8, 4) is 0 Å². The smallest absolute Gasteiger partial charge is 0.000655 e. The molecule has 0 aromatic heterocycles. The van der Waals surface area contributed by atoms with E-state index in [1.807, 2.05) is 0 Å². The Hall–Kier alpha value is -0.120. The fourth-order valence-electron chi connectivity index (χ4n) is 2.04. The highest BCUT2D eigenvalue weighted by Gasteiger charge is 2.10. The van der Waals surface area contributed by atoms with Crippen molar-refractivity contribution >= 4 is 0 Å². The van der Waals surface area contributed by atoms with Crippen molar-refractivity contribution in [3.63, 3.8) is 0 Å². The van der Waals surface area contributed by atoms with E-state index in [-0.39, 0.29) is 0 Å². The molecule has 1 rings (SSSR count). The van der Waals surface area contributed by atoms with E-state index in [1.165, 1.54) is 45.4 Å². The van der Waals surface area contributed by atoms with Gasteiger partial charge in [0.1, 0.15) is 0 Å². The molecule has 0 saturated carbocycles. The third-order valence-electron chi connectivity index (χ3n) is 2.96. The van der Waals surface area contributed by atoms with Gasteiger partial charge in [0.05, 0.1) is 0 Å². The van der Waals surface area contributed by atoms with Crippen LogP contribution in [0.4, 0.5) is 0 Å². The standard InChI is InChI=1S/C11H25N3/c1-13(7-4-6-12)8-5-11-14-9-2-3-10-14/h2-12H2,1H3. The fourth-order valence-corrected chi connectivity index (χ4v) is 2.04. The van der Waals surface area contributed by atoms with E-state index in [2.05, 4.69) is 16.8 Å². The van der Waals surface area contributed by atoms with Crippen LogP contribution in [0.2, 0.25) is 0 Å². The Bertz CT molecular complexity index is 132. The SMILES string of the molecule is CN(CCCN)CCCN1CCCC1. The molecule has 0 atom stereocenters. The molecule has 0 aliphatic carbocycles. The van der Waals surface area contributed by atoms with Crippen molar-refractivity contribution in [2.24, 2.45) is 5.73 Å². The minimum atomic E-state index is 0.816. The zero-order valence-corrected chi connectivity index (χ0v) is 9.54. The molecule has 0 aromatic carbocycles. The molecule has 14 heavy (non-hydrogen) atoms. The first-order chi connectivity index (χ1) is 6.83. The van der Waals surface area contributed by atoms with Gasteiger partial charge in [0.2, 0.25) is 0 Å². The van der Waals surface area contributed by atoms with E-state index in [1.54, 1.807) is 0 Å². The van der Waals surface area contributed by atoms with Crippen LogP contribution in [-0.2, 0) is 0 Å². The van der Waals surface area contributed by atoms with Crippen molar-refractivity contribution in [1.82, 2.24) is 9.80 Å². The number of likely N-dealkylation sites (tertiary alicyclic amines) is 1. The molecule has 2 N–H and O–H groups in total. The molecule has 1 heterocycles. The topological polar surface area (TPSA) is 32.5 Å². The molecular weight excluding hydrogens is 174 g/mol. The van der Waals surface area contributed by atoms with Gasteiger partial charge in [-0.25, -0.2) is 0 Å². The number of nitrogens with zero attached hydrogens (tertiary/aromatic N) is 2. The van der Waals surface area contributed by atoms with Gasteiger partial charge in [-0.05, 0) is 72.0 Å². The first-order valence-corrected chi connectivity index (χ1v) is 5.94. The zero-order chi connectivity index (χ0) is 10.2. The molecule has 0 amide bonds. The highest BCUT2D eigenvalue weighted by Crippen LogP contribution is 2.07. The van der Waals surface area contributed by atoms with E-state index >= 15 is 0 Å². The molecule has 1 aliphatic rings. The summed E-state index contributed by atoms with van der Waals surface area (Å²) in [6.45, 7) is 7.12. The van der Waals surface area contributed by atoms with E-state index in [0.717, 1.165) is 19.5 Å². The molecule has 1 fully saturated rings. The summed E-state index contributed by atoms with van der Waals surface area (Å²) < 4.78 is 0. The lowest BCUT2D eigenvalue weighted by molar-refractivity contribution is 0.278. The van der Waals surface area contributed by atoms with Gasteiger partial charge in [0.25, 0.3) is 0 Å². The van der Waals surface area contributed by atoms with Crippen molar-refractivity contribution in [2.75, 3.05) is 46.3 Å². The van der Waals surface area contributed by atoms with Crippen molar-refractivity contribution in [1.29, 1.82) is 0 Å². The molecule has 1 aliphatic heterocycles. The quantitative estimate of drug-likeness (QED) is 0.657. The second-order valence-electron chi connectivity index (χ2n) is 4.35. The van der Waals surface area contributed by atoms with Gasteiger partial charge in [-0.15, -0.1) is 0 Å². The maximum Gasteiger partial charge on any atom is -0.000655 e. The van der Waals surface area contributed by atoms with Gasteiger partial charge in [0, 0.05) is 0 Å². The number of nitrogens with two attached hydrogens (primary N) is 1. The second kappa shape index (κ2) is 7.21. The van der Waals surface area contributed by atoms with Crippen LogP contribution in [0.5, 0.6) is 0 Å². The summed E-state index contributed by atoms with van der Waals surface area (Å²) in [5.41, 5.74) is 5.47. The maximum absolute atomic E-state index is 5.47. The van der Waals surface area contributed by atoms with Crippen LogP contribution in [0.15, 0.2) is 0 Å². The first kappa shape index (κ1) is 12.0. The number of rotatable bonds is 7. The van der Waals surface area contributed by atoms with Crippen molar-refractivity contribution in [3.05, 3.63) is 0 Å². The van der Waals surface area contributed by atoms with E-state index in [4.69, 9.17) is 5.73 Å². The summed E-state index contributed by atoms with van der Waals surface area (Å²) >= 11 is 0. The number of hydrogen-bond acceptors (Lipinski definition) is 3. The van der Waals surface area contributed by atoms with E-state index in [9.17, 15) is 0 Å². The van der Waals surface area contributed by atoms with Gasteiger partial charge in [0.15, 0.2) is 0 Å². The normalized spacial score (nSPS) is 18.2. The Labute approximate surface area is 88.2 Å². The zero-order valence-electron chi connectivity index (χ0n) is 9.54. The predicted molar refractivity (Wildman–Crippen MR) is 61.5 cm³/mol. The van der Waals surface area contributed by atoms with E-state index < -0.39 is 0 Å². The van der Waals surface area contributed by atoms with E-state index in [0.29, 0.717) is 0 Å². The lowest BCUT2D eigenvalue weighted by Gasteiger charge is -2.19. The third-order valence-corrected chi connectivity index (χ3v) is 2.96. The monoisotopic (exact) mass is 199 g/mol. The van der Waals surface area contributed by atoms with Crippen LogP contribution < -0.4 is 5.73 Å². The van der Waals surface area contributed by atoms with Crippen LogP contribution in [0, 0.1) is 0 Å². The largest absolute Gasteiger partial charge is 0.330 e. The molecule has 3 nitrogen and oxygen atoms in total. The molecule has 0 aromatic rings. The Morgan fingerprint density at radius 2 is 1.79 bits per heavy atom. The Kier molecular flexibility index (Phi) is 6.15. The van der Waals surface area contributed by atoms with Gasteiger partial charge in [-0.3, -0.25) is 0 Å². The fraction of sp³-hybridized carbons (Fsp3) is 1.00. The van der Waals surface area contributed by atoms with Gasteiger partial charge < -0.3 is 15.5 Å². The maximum atomic E-state index is 5.47. The van der Waals surface area contributed by atoms with Crippen molar-refractivity contribution in [2.45, 2.75) is 25.7 Å². The van der Waals surface area contributed by atoms with Crippen LogP contribution in [-0.4, -0.2) is 56.1 Å². The summed E-state index contributed by atoms with van der Waals surface area (Å²) in [5.74, 6) is 0. The minimum Gasteiger partial charge on any atom is -0.330 e. The molecule has 0 bridgehead atoms. The van der Waals surface area contributed by atoms with Crippen molar-refractivity contribution < 1.29 is 0 Å². The molecule has 1 saturated heterocycles.